The van der Waals surface area contributed by atoms with E-state index in [1.165, 1.54) is 12.1 Å². The summed E-state index contributed by atoms with van der Waals surface area (Å²) < 4.78 is 15.0. The maximum Gasteiger partial charge on any atom is 0.295 e. The van der Waals surface area contributed by atoms with Gasteiger partial charge in [0.2, 0.25) is 0 Å². The van der Waals surface area contributed by atoms with Gasteiger partial charge in [-0.15, -0.1) is 0 Å². The maximum absolute atomic E-state index is 13.5. The Morgan fingerprint density at radius 1 is 0.946 bits per heavy atom. The quantitative estimate of drug-likeness (QED) is 0.427. The zero-order valence-corrected chi connectivity index (χ0v) is 21.4. The van der Waals surface area contributed by atoms with E-state index in [1.807, 2.05) is 41.6 Å². The van der Waals surface area contributed by atoms with Crippen LogP contribution in [0.3, 0.4) is 0 Å². The number of carbonyl (C=O) groups excluding carboxylic acids is 3. The molecule has 2 amide bonds. The van der Waals surface area contributed by atoms with Crippen LogP contribution in [-0.4, -0.2) is 71.2 Å². The molecule has 0 bridgehead atoms. The van der Waals surface area contributed by atoms with E-state index in [4.69, 9.17) is 0 Å². The fourth-order valence-corrected chi connectivity index (χ4v) is 5.54. The SMILES string of the molecule is Cc1cc2c(cc1C(=O)N1CCC(Cc3ccc(F)cc3)CC1)c(C(=O)C(=O)N1CCNCC1)cn2C. The number of nitrogens with zero attached hydrogens (tertiary/aromatic N) is 3. The summed E-state index contributed by atoms with van der Waals surface area (Å²) in [6.45, 7) is 5.59. The van der Waals surface area contributed by atoms with Crippen molar-refractivity contribution < 1.29 is 18.8 Å². The maximum atomic E-state index is 13.5. The van der Waals surface area contributed by atoms with Gasteiger partial charge >= 0.3 is 0 Å². The molecule has 0 atom stereocenters. The number of aryl methyl sites for hydroxylation is 2. The minimum atomic E-state index is -0.531. The Kier molecular flexibility index (Phi) is 7.11. The average molecular weight is 505 g/mol. The van der Waals surface area contributed by atoms with E-state index in [9.17, 15) is 18.8 Å². The van der Waals surface area contributed by atoms with Crippen molar-refractivity contribution in [1.82, 2.24) is 19.7 Å². The Bertz CT molecular complexity index is 1330. The molecule has 37 heavy (non-hydrogen) atoms. The van der Waals surface area contributed by atoms with Gasteiger partial charge in [-0.2, -0.15) is 0 Å². The molecule has 0 saturated carbocycles. The Balaban J connectivity index is 1.33. The van der Waals surface area contributed by atoms with Gasteiger partial charge in [0.05, 0.1) is 5.56 Å². The number of amides is 2. The topological polar surface area (TPSA) is 74.7 Å². The number of hydrogen-bond acceptors (Lipinski definition) is 4. The van der Waals surface area contributed by atoms with Crippen molar-refractivity contribution in [2.45, 2.75) is 26.2 Å². The number of piperazine rings is 1. The van der Waals surface area contributed by atoms with Crippen molar-refractivity contribution in [2.24, 2.45) is 13.0 Å². The molecule has 2 aliphatic rings. The summed E-state index contributed by atoms with van der Waals surface area (Å²) in [5.74, 6) is -0.849. The number of ketones is 1. The third kappa shape index (κ3) is 5.16. The third-order valence-corrected chi connectivity index (χ3v) is 7.75. The van der Waals surface area contributed by atoms with E-state index in [1.54, 1.807) is 17.2 Å². The molecule has 2 fully saturated rings. The van der Waals surface area contributed by atoms with Gasteiger partial charge in [-0.3, -0.25) is 14.4 Å². The van der Waals surface area contributed by atoms with Crippen LogP contribution in [0.4, 0.5) is 4.39 Å². The molecule has 7 nitrogen and oxygen atoms in total. The molecule has 0 radical (unpaired) electrons. The van der Waals surface area contributed by atoms with Crippen LogP contribution in [0.25, 0.3) is 10.9 Å². The lowest BCUT2D eigenvalue weighted by molar-refractivity contribution is -0.126. The van der Waals surface area contributed by atoms with E-state index in [0.29, 0.717) is 61.7 Å². The summed E-state index contributed by atoms with van der Waals surface area (Å²) >= 11 is 0. The molecule has 3 heterocycles. The number of aromatic nitrogens is 1. The molecule has 2 aliphatic heterocycles. The lowest BCUT2D eigenvalue weighted by atomic mass is 9.89. The number of rotatable bonds is 5. The van der Waals surface area contributed by atoms with Crippen LogP contribution in [0, 0.1) is 18.7 Å². The van der Waals surface area contributed by atoms with E-state index in [0.717, 1.165) is 35.9 Å². The van der Waals surface area contributed by atoms with Crippen LogP contribution in [-0.2, 0) is 18.3 Å². The summed E-state index contributed by atoms with van der Waals surface area (Å²) in [6, 6.07) is 10.4. The standard InChI is InChI=1S/C29H33FN4O3/c1-19-15-26-24(25(18-32(26)2)27(35)29(37)34-13-9-31-10-14-34)17-23(19)28(36)33-11-7-21(8-12-33)16-20-3-5-22(30)6-4-20/h3-6,15,17-18,21,31H,7-14,16H2,1-2H3. The highest BCUT2D eigenvalue weighted by Crippen LogP contribution is 2.28. The van der Waals surface area contributed by atoms with Crippen molar-refractivity contribution in [1.29, 1.82) is 0 Å². The van der Waals surface area contributed by atoms with Crippen molar-refractivity contribution in [3.63, 3.8) is 0 Å². The second kappa shape index (κ2) is 10.5. The molecule has 8 heteroatoms. The largest absolute Gasteiger partial charge is 0.350 e. The zero-order valence-electron chi connectivity index (χ0n) is 21.4. The minimum Gasteiger partial charge on any atom is -0.350 e. The zero-order chi connectivity index (χ0) is 26.1. The minimum absolute atomic E-state index is 0.0460. The summed E-state index contributed by atoms with van der Waals surface area (Å²) in [7, 11) is 1.85. The van der Waals surface area contributed by atoms with E-state index in [2.05, 4.69) is 5.32 Å². The monoisotopic (exact) mass is 504 g/mol. The number of halogens is 1. The van der Waals surface area contributed by atoms with Crippen molar-refractivity contribution in [3.8, 4) is 0 Å². The predicted octanol–water partition coefficient (Wildman–Crippen LogP) is 3.34. The third-order valence-electron chi connectivity index (χ3n) is 7.75. The van der Waals surface area contributed by atoms with Crippen molar-refractivity contribution in [2.75, 3.05) is 39.3 Å². The van der Waals surface area contributed by atoms with Gasteiger partial charge < -0.3 is 19.7 Å². The summed E-state index contributed by atoms with van der Waals surface area (Å²) in [5, 5.41) is 3.83. The van der Waals surface area contributed by atoms with Gasteiger partial charge in [-0.25, -0.2) is 4.39 Å². The first-order chi connectivity index (χ1) is 17.8. The van der Waals surface area contributed by atoms with Crippen LogP contribution in [0.1, 0.15) is 44.7 Å². The molecule has 5 rings (SSSR count). The molecular formula is C29H33FN4O3. The number of hydrogen-bond donors (Lipinski definition) is 1. The van der Waals surface area contributed by atoms with Gasteiger partial charge in [-0.05, 0) is 67.5 Å². The molecule has 0 spiro atoms. The Morgan fingerprint density at radius 3 is 2.30 bits per heavy atom. The molecule has 0 aliphatic carbocycles. The second-order valence-corrected chi connectivity index (χ2v) is 10.3. The van der Waals surface area contributed by atoms with Gasteiger partial charge in [0.15, 0.2) is 0 Å². The van der Waals surface area contributed by atoms with E-state index < -0.39 is 11.7 Å². The molecule has 1 aromatic heterocycles. The van der Waals surface area contributed by atoms with Crippen LogP contribution in [0.2, 0.25) is 0 Å². The number of Topliss-reactive ketones (excluding diaryl/α,β-unsaturated/α-hetero) is 1. The summed E-state index contributed by atoms with van der Waals surface area (Å²) in [5.41, 5.74) is 3.69. The normalized spacial score (nSPS) is 16.8. The first kappa shape index (κ1) is 25.1. The number of benzene rings is 2. The van der Waals surface area contributed by atoms with Crippen LogP contribution >= 0.6 is 0 Å². The molecule has 3 aromatic rings. The number of carbonyl (C=O) groups is 3. The molecular weight excluding hydrogens is 471 g/mol. The van der Waals surface area contributed by atoms with Crippen LogP contribution in [0.15, 0.2) is 42.6 Å². The van der Waals surface area contributed by atoms with Crippen LogP contribution in [0.5, 0.6) is 0 Å². The number of likely N-dealkylation sites (tertiary alicyclic amines) is 1. The molecule has 1 N–H and O–H groups in total. The fraction of sp³-hybridized carbons (Fsp3) is 0.414. The van der Waals surface area contributed by atoms with Gasteiger partial charge in [-0.1, -0.05) is 12.1 Å². The summed E-state index contributed by atoms with van der Waals surface area (Å²) in [4.78, 5) is 43.1. The average Bonchev–Trinajstić information content (AvgIpc) is 3.24. The van der Waals surface area contributed by atoms with E-state index in [-0.39, 0.29) is 11.7 Å². The van der Waals surface area contributed by atoms with Gasteiger partial charge in [0.25, 0.3) is 17.6 Å². The Morgan fingerprint density at radius 2 is 1.62 bits per heavy atom. The van der Waals surface area contributed by atoms with E-state index >= 15 is 0 Å². The first-order valence-corrected chi connectivity index (χ1v) is 13.0. The highest BCUT2D eigenvalue weighted by molar-refractivity contribution is 6.45. The van der Waals surface area contributed by atoms with Gasteiger partial charge in [0.1, 0.15) is 5.82 Å². The molecule has 194 valence electrons. The number of piperidine rings is 1. The fourth-order valence-electron chi connectivity index (χ4n) is 5.54. The van der Waals surface area contributed by atoms with Crippen molar-refractivity contribution >= 4 is 28.5 Å². The Labute approximate surface area is 216 Å². The highest BCUT2D eigenvalue weighted by atomic mass is 19.1. The smallest absolute Gasteiger partial charge is 0.295 e. The Hall–Kier alpha value is -3.52. The predicted molar refractivity (Wildman–Crippen MR) is 140 cm³/mol. The number of nitrogens with one attached hydrogen (secondary N) is 1. The molecule has 2 saturated heterocycles. The molecule has 0 unspecified atom stereocenters. The molecule has 2 aromatic carbocycles. The first-order valence-electron chi connectivity index (χ1n) is 13.0. The van der Waals surface area contributed by atoms with Crippen molar-refractivity contribution in [3.05, 3.63) is 70.7 Å². The van der Waals surface area contributed by atoms with Gasteiger partial charge in [0, 0.05) is 69.0 Å². The lowest BCUT2D eigenvalue weighted by Gasteiger charge is -2.32. The second-order valence-electron chi connectivity index (χ2n) is 10.3. The highest BCUT2D eigenvalue weighted by Gasteiger charge is 2.29. The van der Waals surface area contributed by atoms with Crippen LogP contribution < -0.4 is 5.32 Å². The lowest BCUT2D eigenvalue weighted by Crippen LogP contribution is -2.48. The number of fused-ring (bicyclic) bond motifs is 1. The summed E-state index contributed by atoms with van der Waals surface area (Å²) in [6.07, 6.45) is 4.35.